The molecule has 0 atom stereocenters. The van der Waals surface area contributed by atoms with Gasteiger partial charge in [-0.25, -0.2) is 4.98 Å². The summed E-state index contributed by atoms with van der Waals surface area (Å²) in [6.45, 7) is 6.18. The van der Waals surface area contributed by atoms with E-state index in [2.05, 4.69) is 16.9 Å². The number of hydrogen-bond donors (Lipinski definition) is 1. The van der Waals surface area contributed by atoms with Gasteiger partial charge < -0.3 is 19.7 Å². The Morgan fingerprint density at radius 3 is 2.70 bits per heavy atom. The summed E-state index contributed by atoms with van der Waals surface area (Å²) in [5.74, 6) is -0.885. The van der Waals surface area contributed by atoms with E-state index in [1.54, 1.807) is 33.7 Å². The number of imidazole rings is 1. The number of hydrogen-bond acceptors (Lipinski definition) is 5. The Morgan fingerprint density at radius 2 is 2.00 bits per heavy atom. The number of rotatable bonds is 4. The lowest BCUT2D eigenvalue weighted by Crippen LogP contribution is -2.47. The molecule has 2 fully saturated rings. The summed E-state index contributed by atoms with van der Waals surface area (Å²) in [7, 11) is 0. The summed E-state index contributed by atoms with van der Waals surface area (Å²) >= 11 is 0. The quantitative estimate of drug-likeness (QED) is 0.819. The Hall–Kier alpha value is -2.71. The Bertz CT molecular complexity index is 875. The molecule has 0 aromatic carbocycles. The summed E-state index contributed by atoms with van der Waals surface area (Å²) < 4.78 is 13.1. The molecule has 0 saturated carbocycles. The van der Waals surface area contributed by atoms with Gasteiger partial charge in [0.1, 0.15) is 0 Å². The molecule has 4 heterocycles. The average Bonchev–Trinajstić information content (AvgIpc) is 3.31. The molecule has 0 unspecified atom stereocenters. The van der Waals surface area contributed by atoms with Crippen LogP contribution in [0.2, 0.25) is 0 Å². The molecule has 2 saturated heterocycles. The molecule has 4 rings (SSSR count). The smallest absolute Gasteiger partial charge is 0.287 e. The van der Waals surface area contributed by atoms with Gasteiger partial charge in [-0.05, 0) is 12.1 Å². The minimum absolute atomic E-state index is 0.186. The van der Waals surface area contributed by atoms with Gasteiger partial charge in [0.05, 0.1) is 18.7 Å². The van der Waals surface area contributed by atoms with E-state index in [4.69, 9.17) is 9.47 Å². The zero-order valence-corrected chi connectivity index (χ0v) is 15.0. The van der Waals surface area contributed by atoms with E-state index in [0.717, 1.165) is 0 Å². The van der Waals surface area contributed by atoms with E-state index >= 15 is 0 Å². The minimum Gasteiger partial charge on any atom is -0.347 e. The molecule has 142 valence electrons. The Labute approximate surface area is 156 Å². The van der Waals surface area contributed by atoms with Crippen molar-refractivity contribution in [1.82, 2.24) is 19.6 Å². The van der Waals surface area contributed by atoms with Gasteiger partial charge in [-0.3, -0.25) is 14.0 Å². The van der Waals surface area contributed by atoms with Gasteiger partial charge in [-0.2, -0.15) is 0 Å². The molecule has 2 amide bonds. The van der Waals surface area contributed by atoms with Crippen molar-refractivity contribution in [3.63, 3.8) is 0 Å². The van der Waals surface area contributed by atoms with Crippen LogP contribution in [-0.2, 0) is 9.47 Å². The van der Waals surface area contributed by atoms with E-state index < -0.39 is 5.79 Å². The first-order chi connectivity index (χ1) is 13.1. The lowest BCUT2D eigenvalue weighted by atomic mass is 10.0. The molecule has 0 bridgehead atoms. The van der Waals surface area contributed by atoms with Crippen LogP contribution in [0.3, 0.4) is 0 Å². The van der Waals surface area contributed by atoms with Crippen LogP contribution >= 0.6 is 0 Å². The van der Waals surface area contributed by atoms with Crippen molar-refractivity contribution in [2.45, 2.75) is 18.6 Å². The van der Waals surface area contributed by atoms with Crippen LogP contribution in [0.25, 0.3) is 5.52 Å². The van der Waals surface area contributed by atoms with Gasteiger partial charge in [0, 0.05) is 38.7 Å². The van der Waals surface area contributed by atoms with Crippen molar-refractivity contribution in [2.24, 2.45) is 0 Å². The highest BCUT2D eigenvalue weighted by Crippen LogP contribution is 2.32. The van der Waals surface area contributed by atoms with Gasteiger partial charge in [0.2, 0.25) is 5.82 Å². The van der Waals surface area contributed by atoms with E-state index in [-0.39, 0.29) is 23.3 Å². The number of nitrogens with one attached hydrogen (secondary N) is 1. The Balaban J connectivity index is 1.59. The number of likely N-dealkylation sites (tertiary alicyclic amines) is 1. The van der Waals surface area contributed by atoms with Gasteiger partial charge in [-0.15, -0.1) is 6.58 Å². The average molecular weight is 370 g/mol. The number of ether oxygens (including phenoxy) is 2. The molecule has 8 heteroatoms. The standard InChI is InChI=1S/C19H22N4O4/c1-2-8-20-17(24)16-21-15(14-5-3-4-9-23(14)16)18(25)22-10-6-19(7-11-22)26-12-13-27-19/h2-5,9H,1,6-8,10-13H2,(H,20,24). The third kappa shape index (κ3) is 3.22. The fourth-order valence-corrected chi connectivity index (χ4v) is 3.59. The van der Waals surface area contributed by atoms with Gasteiger partial charge in [0.25, 0.3) is 11.8 Å². The predicted octanol–water partition coefficient (Wildman–Crippen LogP) is 1.23. The lowest BCUT2D eigenvalue weighted by molar-refractivity contribution is -0.181. The van der Waals surface area contributed by atoms with Crippen molar-refractivity contribution < 1.29 is 19.1 Å². The highest BCUT2D eigenvalue weighted by molar-refractivity contribution is 6.02. The second-order valence-corrected chi connectivity index (χ2v) is 6.64. The van der Waals surface area contributed by atoms with Crippen LogP contribution < -0.4 is 5.32 Å². The maximum absolute atomic E-state index is 13.1. The Morgan fingerprint density at radius 1 is 1.26 bits per heavy atom. The molecule has 2 aliphatic heterocycles. The van der Waals surface area contributed by atoms with E-state index in [1.165, 1.54) is 0 Å². The van der Waals surface area contributed by atoms with Crippen LogP contribution in [0.15, 0.2) is 37.1 Å². The van der Waals surface area contributed by atoms with Crippen LogP contribution in [0.4, 0.5) is 0 Å². The van der Waals surface area contributed by atoms with E-state index in [9.17, 15) is 9.59 Å². The molecule has 2 aliphatic rings. The van der Waals surface area contributed by atoms with Crippen molar-refractivity contribution in [2.75, 3.05) is 32.8 Å². The lowest BCUT2D eigenvalue weighted by Gasteiger charge is -2.37. The normalized spacial score (nSPS) is 18.7. The second-order valence-electron chi connectivity index (χ2n) is 6.64. The van der Waals surface area contributed by atoms with Gasteiger partial charge in [0.15, 0.2) is 11.5 Å². The third-order valence-corrected chi connectivity index (χ3v) is 4.99. The van der Waals surface area contributed by atoms with Gasteiger partial charge in [-0.1, -0.05) is 12.1 Å². The first kappa shape index (κ1) is 17.7. The molecule has 0 aliphatic carbocycles. The summed E-state index contributed by atoms with van der Waals surface area (Å²) in [5.41, 5.74) is 0.892. The highest BCUT2D eigenvalue weighted by Gasteiger charge is 2.41. The SMILES string of the molecule is C=CCNC(=O)c1nc(C(=O)N2CCC3(CC2)OCCO3)c2ccccn12. The third-order valence-electron chi connectivity index (χ3n) is 4.99. The molecular formula is C19H22N4O4. The zero-order chi connectivity index (χ0) is 18.9. The molecule has 2 aromatic rings. The molecule has 0 radical (unpaired) electrons. The minimum atomic E-state index is -0.539. The Kier molecular flexibility index (Phi) is 4.67. The van der Waals surface area contributed by atoms with Crippen molar-refractivity contribution in [1.29, 1.82) is 0 Å². The topological polar surface area (TPSA) is 85.2 Å². The molecule has 1 spiro atoms. The van der Waals surface area contributed by atoms with Crippen LogP contribution in [0.5, 0.6) is 0 Å². The van der Waals surface area contributed by atoms with Crippen molar-refractivity contribution in [3.8, 4) is 0 Å². The molecule has 2 aromatic heterocycles. The second kappa shape index (κ2) is 7.13. The predicted molar refractivity (Wildman–Crippen MR) is 97.5 cm³/mol. The number of carbonyl (C=O) groups is 2. The summed E-state index contributed by atoms with van der Waals surface area (Å²) in [5, 5.41) is 2.71. The fourth-order valence-electron chi connectivity index (χ4n) is 3.59. The van der Waals surface area contributed by atoms with E-state index in [0.29, 0.717) is 51.2 Å². The maximum Gasteiger partial charge on any atom is 0.287 e. The molecule has 8 nitrogen and oxygen atoms in total. The number of carbonyl (C=O) groups excluding carboxylic acids is 2. The molecular weight excluding hydrogens is 348 g/mol. The van der Waals surface area contributed by atoms with Crippen LogP contribution in [0, 0.1) is 0 Å². The number of piperidine rings is 1. The number of aromatic nitrogens is 2. The van der Waals surface area contributed by atoms with Crippen LogP contribution in [0.1, 0.15) is 33.9 Å². The number of nitrogens with zero attached hydrogens (tertiary/aromatic N) is 3. The molecule has 1 N–H and O–H groups in total. The monoisotopic (exact) mass is 370 g/mol. The fraction of sp³-hybridized carbons (Fsp3) is 0.421. The van der Waals surface area contributed by atoms with Crippen molar-refractivity contribution >= 4 is 17.3 Å². The number of amides is 2. The van der Waals surface area contributed by atoms with Crippen LogP contribution in [-0.4, -0.2) is 64.7 Å². The van der Waals surface area contributed by atoms with Crippen molar-refractivity contribution in [3.05, 3.63) is 48.6 Å². The number of fused-ring (bicyclic) bond motifs is 1. The first-order valence-electron chi connectivity index (χ1n) is 9.07. The summed E-state index contributed by atoms with van der Waals surface area (Å²) in [6.07, 6.45) is 4.60. The largest absolute Gasteiger partial charge is 0.347 e. The summed E-state index contributed by atoms with van der Waals surface area (Å²) in [4.78, 5) is 31.6. The number of pyridine rings is 1. The first-order valence-corrected chi connectivity index (χ1v) is 9.07. The molecule has 27 heavy (non-hydrogen) atoms. The summed E-state index contributed by atoms with van der Waals surface area (Å²) in [6, 6.07) is 5.41. The highest BCUT2D eigenvalue weighted by atomic mass is 16.7. The van der Waals surface area contributed by atoms with E-state index in [1.807, 2.05) is 6.07 Å². The zero-order valence-electron chi connectivity index (χ0n) is 15.0. The maximum atomic E-state index is 13.1. The van der Waals surface area contributed by atoms with Gasteiger partial charge >= 0.3 is 0 Å².